The summed E-state index contributed by atoms with van der Waals surface area (Å²) < 4.78 is 12.5. The largest absolute Gasteiger partial charge is 0.590 e. The topological polar surface area (TPSA) is 40.1 Å². The number of unbranched alkanes of at least 4 members (excludes halogenated alkanes) is 17. The number of allylic oxidation sites excluding steroid dienone is 2. The van der Waals surface area contributed by atoms with Gasteiger partial charge in [0.2, 0.25) is 0 Å². The maximum Gasteiger partial charge on any atom is 0.376 e. The molecule has 0 aliphatic rings. The molecule has 0 heterocycles. The number of rotatable bonds is 24. The molecule has 0 radical (unpaired) electrons. The maximum atomic E-state index is 12.0. The molecule has 4 heteroatoms. The zero-order valence-corrected chi connectivity index (χ0v) is 24.1. The highest BCUT2D eigenvalue weighted by Crippen LogP contribution is 2.44. The van der Waals surface area contributed by atoms with Crippen LogP contribution in [0.1, 0.15) is 149 Å². The smallest absolute Gasteiger partial charge is 0.376 e. The first kappa shape index (κ1) is 32.8. The van der Waals surface area contributed by atoms with E-state index in [1.807, 2.05) is 28.1 Å². The van der Waals surface area contributed by atoms with Crippen LogP contribution < -0.4 is 4.89 Å². The summed E-state index contributed by atoms with van der Waals surface area (Å²) in [4.78, 5) is 12.0. The minimum absolute atomic E-state index is 0.513. The molecule has 0 amide bonds. The first-order valence-corrected chi connectivity index (χ1v) is 15.6. The van der Waals surface area contributed by atoms with E-state index in [9.17, 15) is 9.46 Å². The Bertz CT molecular complexity index is 487. The lowest BCUT2D eigenvalue weighted by Crippen LogP contribution is -2.55. The highest BCUT2D eigenvalue weighted by molar-refractivity contribution is 7.38. The summed E-state index contributed by atoms with van der Waals surface area (Å²) in [6.07, 6.45) is 31.6. The molecule has 0 fully saturated rings. The minimum atomic E-state index is -2.41. The van der Waals surface area contributed by atoms with Crippen molar-refractivity contribution in [2.45, 2.75) is 154 Å². The quantitative estimate of drug-likeness (QED) is 0.0592. The lowest BCUT2D eigenvalue weighted by atomic mass is 10.0. The second-order valence-corrected chi connectivity index (χ2v) is 12.4. The van der Waals surface area contributed by atoms with Crippen LogP contribution in [0.5, 0.6) is 0 Å². The van der Waals surface area contributed by atoms with Crippen molar-refractivity contribution in [1.82, 2.24) is 0 Å². The monoisotopic (exact) mass is 484 g/mol. The van der Waals surface area contributed by atoms with E-state index < -0.39 is 13.3 Å². The van der Waals surface area contributed by atoms with Crippen LogP contribution >= 0.6 is 8.03 Å². The Morgan fingerprint density at radius 1 is 0.636 bits per heavy atom. The van der Waals surface area contributed by atoms with Crippen molar-refractivity contribution in [2.75, 3.05) is 21.1 Å². The van der Waals surface area contributed by atoms with E-state index in [1.165, 1.54) is 116 Å². The van der Waals surface area contributed by atoms with Gasteiger partial charge in [0.05, 0.1) is 21.1 Å². The number of nitrogens with zero attached hydrogens (tertiary/aromatic N) is 1. The maximum absolute atomic E-state index is 12.0. The summed E-state index contributed by atoms with van der Waals surface area (Å²) in [7, 11) is 3.64. The molecular weight excluding hydrogens is 425 g/mol. The van der Waals surface area contributed by atoms with E-state index >= 15 is 0 Å². The fourth-order valence-electron chi connectivity index (χ4n) is 4.98. The highest BCUT2D eigenvalue weighted by atomic mass is 31.1. The molecule has 0 rings (SSSR count). The molecule has 0 N–H and O–H groups in total. The molecule has 0 bridgehead atoms. The van der Waals surface area contributed by atoms with Crippen molar-refractivity contribution >= 4 is 8.03 Å². The van der Waals surface area contributed by atoms with Crippen LogP contribution in [0, 0.1) is 0 Å². The SMILES string of the molecule is CCCCC=CCCCCCCCCCCCCCCCCCC(CC)([P+](=O)[O-])[N+](C)(C)C. The fraction of sp³-hybridized carbons (Fsp3) is 0.931. The van der Waals surface area contributed by atoms with Gasteiger partial charge in [-0.15, -0.1) is 0 Å². The number of hydrogen-bond acceptors (Lipinski definition) is 2. The van der Waals surface area contributed by atoms with Gasteiger partial charge in [0, 0.05) is 12.8 Å². The molecule has 2 atom stereocenters. The van der Waals surface area contributed by atoms with Gasteiger partial charge in [0.1, 0.15) is 0 Å². The van der Waals surface area contributed by atoms with Crippen molar-refractivity contribution in [3.05, 3.63) is 12.2 Å². The summed E-state index contributed by atoms with van der Waals surface area (Å²) in [5, 5.41) is -0.597. The molecule has 0 aromatic carbocycles. The Morgan fingerprint density at radius 3 is 1.33 bits per heavy atom. The summed E-state index contributed by atoms with van der Waals surface area (Å²) in [6.45, 7) is 4.27. The summed E-state index contributed by atoms with van der Waals surface area (Å²) in [5.41, 5.74) is 0. The lowest BCUT2D eigenvalue weighted by Gasteiger charge is -2.39. The van der Waals surface area contributed by atoms with Crippen molar-refractivity contribution in [2.24, 2.45) is 0 Å². The Morgan fingerprint density at radius 2 is 1.00 bits per heavy atom. The van der Waals surface area contributed by atoms with Gasteiger partial charge in [-0.2, -0.15) is 0 Å². The summed E-state index contributed by atoms with van der Waals surface area (Å²) in [5.74, 6) is 0. The van der Waals surface area contributed by atoms with Crippen LogP contribution in [0.4, 0.5) is 0 Å². The molecule has 3 nitrogen and oxygen atoms in total. The Hall–Kier alpha value is -0.240. The molecule has 0 aromatic rings. The van der Waals surface area contributed by atoms with Gasteiger partial charge in [-0.05, 0) is 25.7 Å². The second kappa shape index (κ2) is 21.1. The van der Waals surface area contributed by atoms with Crippen molar-refractivity contribution < 1.29 is 13.9 Å². The van der Waals surface area contributed by atoms with Crippen LogP contribution in [0.25, 0.3) is 0 Å². The lowest BCUT2D eigenvalue weighted by molar-refractivity contribution is -0.910. The molecule has 2 unspecified atom stereocenters. The average molecular weight is 485 g/mol. The Kier molecular flexibility index (Phi) is 20.9. The molecule has 0 saturated carbocycles. The zero-order chi connectivity index (χ0) is 24.8. The van der Waals surface area contributed by atoms with Crippen molar-refractivity contribution in [1.29, 1.82) is 0 Å². The third kappa shape index (κ3) is 16.1. The molecule has 33 heavy (non-hydrogen) atoms. The Balaban J connectivity index is 3.45. The number of hydrogen-bond donors (Lipinski definition) is 0. The van der Waals surface area contributed by atoms with E-state index in [0.29, 0.717) is 10.9 Å². The van der Waals surface area contributed by atoms with Gasteiger partial charge in [0.25, 0.3) is 5.28 Å². The minimum Gasteiger partial charge on any atom is -0.590 e. The van der Waals surface area contributed by atoms with Crippen LogP contribution in [0.3, 0.4) is 0 Å². The van der Waals surface area contributed by atoms with E-state index in [0.717, 1.165) is 12.8 Å². The first-order chi connectivity index (χ1) is 15.8. The van der Waals surface area contributed by atoms with E-state index in [2.05, 4.69) is 19.1 Å². The van der Waals surface area contributed by atoms with Gasteiger partial charge < -0.3 is 4.89 Å². The van der Waals surface area contributed by atoms with E-state index in [1.54, 1.807) is 0 Å². The molecular formula is C29H59NO2P+. The predicted octanol–water partition coefficient (Wildman–Crippen LogP) is 9.28. The summed E-state index contributed by atoms with van der Waals surface area (Å²) >= 11 is 0. The summed E-state index contributed by atoms with van der Waals surface area (Å²) in [6, 6.07) is 0. The first-order valence-electron chi connectivity index (χ1n) is 14.4. The molecule has 196 valence electrons. The molecule has 0 aliphatic heterocycles. The highest BCUT2D eigenvalue weighted by Gasteiger charge is 2.52. The molecule has 0 aromatic heterocycles. The Labute approximate surface area is 209 Å². The van der Waals surface area contributed by atoms with Gasteiger partial charge in [-0.1, -0.05) is 127 Å². The predicted molar refractivity (Wildman–Crippen MR) is 146 cm³/mol. The van der Waals surface area contributed by atoms with E-state index in [4.69, 9.17) is 0 Å². The van der Waals surface area contributed by atoms with Crippen LogP contribution in [-0.2, 0) is 4.57 Å². The second-order valence-electron chi connectivity index (χ2n) is 11.1. The van der Waals surface area contributed by atoms with Gasteiger partial charge >= 0.3 is 8.03 Å². The number of quaternary nitrogens is 1. The van der Waals surface area contributed by atoms with E-state index in [-0.39, 0.29) is 0 Å². The molecule has 0 spiro atoms. The fourth-order valence-corrected chi connectivity index (χ4v) is 6.07. The van der Waals surface area contributed by atoms with Crippen molar-refractivity contribution in [3.8, 4) is 0 Å². The average Bonchev–Trinajstić information content (AvgIpc) is 2.76. The van der Waals surface area contributed by atoms with Gasteiger partial charge in [-0.25, -0.2) is 0 Å². The third-order valence-electron chi connectivity index (χ3n) is 7.49. The molecule has 0 saturated heterocycles. The molecule has 0 aliphatic carbocycles. The van der Waals surface area contributed by atoms with Gasteiger partial charge in [-0.3, -0.25) is 4.48 Å². The normalized spacial score (nSPS) is 14.7. The van der Waals surface area contributed by atoms with Crippen LogP contribution in [-0.4, -0.2) is 30.9 Å². The van der Waals surface area contributed by atoms with Crippen LogP contribution in [0.2, 0.25) is 0 Å². The third-order valence-corrected chi connectivity index (χ3v) is 9.31. The standard InChI is InChI=1S/C29H59NO2P/c1-6-8-9-10-11-12-13-14-15-16-17-18-19-20-21-22-23-24-25-26-27-28-29(7-2,33(31)32)30(3,4)5/h10-11H,6-9,12-28H2,1-5H3/q+1. The van der Waals surface area contributed by atoms with Crippen LogP contribution in [0.15, 0.2) is 12.2 Å². The van der Waals surface area contributed by atoms with Gasteiger partial charge in [0.15, 0.2) is 0 Å². The van der Waals surface area contributed by atoms with Crippen molar-refractivity contribution in [3.63, 3.8) is 0 Å². The zero-order valence-electron chi connectivity index (χ0n) is 23.2.